The van der Waals surface area contributed by atoms with E-state index in [0.717, 1.165) is 17.4 Å². The number of aromatic nitrogens is 2. The second-order valence-electron chi connectivity index (χ2n) is 3.94. The van der Waals surface area contributed by atoms with Gasteiger partial charge in [-0.25, -0.2) is 8.42 Å². The minimum Gasteiger partial charge on any atom is -0.393 e. The summed E-state index contributed by atoms with van der Waals surface area (Å²) < 4.78 is 26.5. The van der Waals surface area contributed by atoms with E-state index in [1.54, 1.807) is 0 Å². The van der Waals surface area contributed by atoms with Crippen molar-refractivity contribution in [3.63, 3.8) is 0 Å². The number of hydrogen-bond acceptors (Lipinski definition) is 8. The highest BCUT2D eigenvalue weighted by atomic mass is 32.2. The molecule has 3 N–H and O–H groups in total. The molecule has 0 radical (unpaired) electrons. The fourth-order valence-corrected chi connectivity index (χ4v) is 3.39. The van der Waals surface area contributed by atoms with Gasteiger partial charge >= 0.3 is 0 Å². The van der Waals surface area contributed by atoms with E-state index < -0.39 is 20.6 Å². The van der Waals surface area contributed by atoms with Crippen molar-refractivity contribution in [2.75, 3.05) is 10.5 Å². The summed E-state index contributed by atoms with van der Waals surface area (Å²) in [5, 5.41) is 19.0. The van der Waals surface area contributed by atoms with Gasteiger partial charge in [-0.05, 0) is 18.6 Å². The van der Waals surface area contributed by atoms with Crippen molar-refractivity contribution >= 4 is 37.9 Å². The SMILES string of the molecule is CCc1nnc(NS(=O)(=O)c2ccc(N)c([N+](=O)[O-])c2)s1. The second kappa shape index (κ2) is 5.61. The summed E-state index contributed by atoms with van der Waals surface area (Å²) in [5.41, 5.74) is 4.85. The van der Waals surface area contributed by atoms with Crippen LogP contribution in [0.25, 0.3) is 0 Å². The lowest BCUT2D eigenvalue weighted by molar-refractivity contribution is -0.384. The fraction of sp³-hybridized carbons (Fsp3) is 0.200. The molecule has 0 unspecified atom stereocenters. The lowest BCUT2D eigenvalue weighted by Gasteiger charge is -2.05. The molecule has 0 aliphatic rings. The number of nitrogens with zero attached hydrogens (tertiary/aromatic N) is 3. The van der Waals surface area contributed by atoms with Crippen LogP contribution in [-0.2, 0) is 16.4 Å². The molecule has 0 spiro atoms. The number of hydrogen-bond donors (Lipinski definition) is 2. The van der Waals surface area contributed by atoms with E-state index in [0.29, 0.717) is 11.4 Å². The van der Waals surface area contributed by atoms with Crippen LogP contribution in [0, 0.1) is 10.1 Å². The Labute approximate surface area is 124 Å². The maximum atomic E-state index is 12.1. The van der Waals surface area contributed by atoms with E-state index in [9.17, 15) is 18.5 Å². The van der Waals surface area contributed by atoms with Crippen LogP contribution in [0.15, 0.2) is 23.1 Å². The third kappa shape index (κ3) is 3.25. The average molecular weight is 329 g/mol. The van der Waals surface area contributed by atoms with Crippen LogP contribution in [0.4, 0.5) is 16.5 Å². The smallest absolute Gasteiger partial charge is 0.293 e. The summed E-state index contributed by atoms with van der Waals surface area (Å²) in [7, 11) is -3.98. The van der Waals surface area contributed by atoms with Gasteiger partial charge < -0.3 is 5.73 Å². The number of nitrogens with one attached hydrogen (secondary N) is 1. The molecule has 0 bridgehead atoms. The molecular weight excluding hydrogens is 318 g/mol. The van der Waals surface area contributed by atoms with Crippen molar-refractivity contribution in [1.29, 1.82) is 0 Å². The molecule has 0 aliphatic heterocycles. The van der Waals surface area contributed by atoms with E-state index >= 15 is 0 Å². The Morgan fingerprint density at radius 2 is 2.14 bits per heavy atom. The van der Waals surface area contributed by atoms with Crippen LogP contribution in [0.5, 0.6) is 0 Å². The van der Waals surface area contributed by atoms with Crippen LogP contribution in [0.1, 0.15) is 11.9 Å². The molecule has 9 nitrogen and oxygen atoms in total. The van der Waals surface area contributed by atoms with Gasteiger partial charge in [0, 0.05) is 6.07 Å². The van der Waals surface area contributed by atoms with Gasteiger partial charge in [0.1, 0.15) is 10.7 Å². The number of nitrogen functional groups attached to an aromatic ring is 1. The van der Waals surface area contributed by atoms with Crippen molar-refractivity contribution in [3.05, 3.63) is 33.3 Å². The maximum Gasteiger partial charge on any atom is 0.293 e. The standard InChI is InChI=1S/C10H11N5O4S2/c1-2-9-12-13-10(20-9)14-21(18,19)6-3-4-7(11)8(5-6)15(16)17/h3-5H,2,11H2,1H3,(H,13,14). The van der Waals surface area contributed by atoms with Crippen molar-refractivity contribution in [2.45, 2.75) is 18.2 Å². The second-order valence-corrected chi connectivity index (χ2v) is 6.68. The Hall–Kier alpha value is -2.27. The van der Waals surface area contributed by atoms with E-state index in [4.69, 9.17) is 5.73 Å². The summed E-state index contributed by atoms with van der Waals surface area (Å²) in [6, 6.07) is 3.26. The van der Waals surface area contributed by atoms with E-state index in [1.165, 1.54) is 12.1 Å². The quantitative estimate of drug-likeness (QED) is 0.479. The van der Waals surface area contributed by atoms with Crippen LogP contribution < -0.4 is 10.5 Å². The lowest BCUT2D eigenvalue weighted by atomic mass is 10.3. The highest BCUT2D eigenvalue weighted by molar-refractivity contribution is 7.93. The topological polar surface area (TPSA) is 141 Å². The van der Waals surface area contributed by atoms with Gasteiger partial charge in [-0.1, -0.05) is 18.3 Å². The van der Waals surface area contributed by atoms with Crippen LogP contribution in [-0.4, -0.2) is 23.5 Å². The number of benzene rings is 1. The minimum absolute atomic E-state index is 0.103. The molecule has 2 aromatic rings. The number of nitrogens with two attached hydrogens (primary N) is 1. The molecule has 11 heteroatoms. The molecule has 0 aliphatic carbocycles. The predicted molar refractivity (Wildman–Crippen MR) is 77.6 cm³/mol. The number of anilines is 2. The first-order chi connectivity index (χ1) is 9.83. The zero-order chi connectivity index (χ0) is 15.6. The molecular formula is C10H11N5O4S2. The monoisotopic (exact) mass is 329 g/mol. The normalized spacial score (nSPS) is 11.3. The molecule has 2 rings (SSSR count). The average Bonchev–Trinajstić information content (AvgIpc) is 2.85. The van der Waals surface area contributed by atoms with Gasteiger partial charge in [0.25, 0.3) is 15.7 Å². The molecule has 21 heavy (non-hydrogen) atoms. The number of aryl methyl sites for hydroxylation is 1. The highest BCUT2D eigenvalue weighted by Crippen LogP contribution is 2.26. The first-order valence-electron chi connectivity index (χ1n) is 5.72. The molecule has 1 heterocycles. The third-order valence-electron chi connectivity index (χ3n) is 2.50. The largest absolute Gasteiger partial charge is 0.393 e. The number of sulfonamides is 1. The van der Waals surface area contributed by atoms with Gasteiger partial charge in [0.2, 0.25) is 5.13 Å². The van der Waals surface area contributed by atoms with Crippen LogP contribution in [0.2, 0.25) is 0 Å². The van der Waals surface area contributed by atoms with E-state index in [1.807, 2.05) is 6.92 Å². The maximum absolute atomic E-state index is 12.1. The summed E-state index contributed by atoms with van der Waals surface area (Å²) in [4.78, 5) is 9.78. The van der Waals surface area contributed by atoms with Gasteiger partial charge in [-0.2, -0.15) is 0 Å². The summed E-state index contributed by atoms with van der Waals surface area (Å²) >= 11 is 1.10. The predicted octanol–water partition coefficient (Wildman–Crippen LogP) is 1.39. The summed E-state index contributed by atoms with van der Waals surface area (Å²) in [6.45, 7) is 1.86. The zero-order valence-corrected chi connectivity index (χ0v) is 12.4. The first kappa shape index (κ1) is 15.1. The number of nitro benzene ring substituents is 1. The Balaban J connectivity index is 2.35. The van der Waals surface area contributed by atoms with Gasteiger partial charge in [-0.15, -0.1) is 10.2 Å². The molecule has 112 valence electrons. The Bertz CT molecular complexity index is 786. The summed E-state index contributed by atoms with van der Waals surface area (Å²) in [5.74, 6) is 0. The van der Waals surface area contributed by atoms with Crippen molar-refractivity contribution in [3.8, 4) is 0 Å². The number of rotatable bonds is 5. The molecule has 0 fully saturated rings. The van der Waals surface area contributed by atoms with Crippen LogP contribution >= 0.6 is 11.3 Å². The molecule has 1 aromatic carbocycles. The minimum atomic E-state index is -3.98. The van der Waals surface area contributed by atoms with Crippen molar-refractivity contribution < 1.29 is 13.3 Å². The first-order valence-corrected chi connectivity index (χ1v) is 8.02. The van der Waals surface area contributed by atoms with E-state index in [2.05, 4.69) is 14.9 Å². The fourth-order valence-electron chi connectivity index (χ4n) is 1.46. The van der Waals surface area contributed by atoms with Crippen molar-refractivity contribution in [2.24, 2.45) is 0 Å². The van der Waals surface area contributed by atoms with Gasteiger partial charge in [0.15, 0.2) is 0 Å². The highest BCUT2D eigenvalue weighted by Gasteiger charge is 2.21. The third-order valence-corrected chi connectivity index (χ3v) is 4.95. The summed E-state index contributed by atoms with van der Waals surface area (Å²) in [6.07, 6.45) is 0.632. The van der Waals surface area contributed by atoms with Gasteiger partial charge in [-0.3, -0.25) is 14.8 Å². The van der Waals surface area contributed by atoms with Crippen molar-refractivity contribution in [1.82, 2.24) is 10.2 Å². The molecule has 0 saturated heterocycles. The zero-order valence-electron chi connectivity index (χ0n) is 10.8. The van der Waals surface area contributed by atoms with Gasteiger partial charge in [0.05, 0.1) is 9.82 Å². The molecule has 0 saturated carbocycles. The number of nitro groups is 1. The Morgan fingerprint density at radius 3 is 2.71 bits per heavy atom. The molecule has 0 atom stereocenters. The lowest BCUT2D eigenvalue weighted by Crippen LogP contribution is -2.13. The Kier molecular flexibility index (Phi) is 4.04. The Morgan fingerprint density at radius 1 is 1.43 bits per heavy atom. The molecule has 1 aromatic heterocycles. The van der Waals surface area contributed by atoms with E-state index in [-0.39, 0.29) is 15.7 Å². The van der Waals surface area contributed by atoms with Crippen LogP contribution in [0.3, 0.4) is 0 Å². The molecule has 0 amide bonds.